The van der Waals surface area contributed by atoms with E-state index in [-0.39, 0.29) is 18.4 Å². The lowest BCUT2D eigenvalue weighted by Crippen LogP contribution is -2.56. The lowest BCUT2D eigenvalue weighted by molar-refractivity contribution is -0.138. The summed E-state index contributed by atoms with van der Waals surface area (Å²) in [6.45, 7) is 8.38. The highest BCUT2D eigenvalue weighted by molar-refractivity contribution is 6.30. The summed E-state index contributed by atoms with van der Waals surface area (Å²) in [6.07, 6.45) is 1.48. The first-order chi connectivity index (χ1) is 10.9. The van der Waals surface area contributed by atoms with Gasteiger partial charge in [-0.15, -0.1) is 0 Å². The molecule has 0 radical (unpaired) electrons. The second-order valence-electron chi connectivity index (χ2n) is 6.23. The number of halogens is 1. The summed E-state index contributed by atoms with van der Waals surface area (Å²) in [6, 6.07) is 2.93. The third-order valence-electron chi connectivity index (χ3n) is 3.84. The van der Waals surface area contributed by atoms with E-state index in [1.54, 1.807) is 19.1 Å². The maximum atomic E-state index is 12.3. The van der Waals surface area contributed by atoms with Crippen LogP contribution in [0.15, 0.2) is 18.3 Å². The molecule has 0 saturated carbocycles. The summed E-state index contributed by atoms with van der Waals surface area (Å²) in [5.74, 6) is 0.803. The molecule has 126 valence electrons. The SMILES string of the molecule is CC(C)CN1CCN(C(C)C(=O)Nc2ccc(Cl)cn2)CC1=O. The lowest BCUT2D eigenvalue weighted by atomic mass is 10.1. The van der Waals surface area contributed by atoms with Crippen molar-refractivity contribution in [2.24, 2.45) is 5.92 Å². The number of amides is 2. The first-order valence-electron chi connectivity index (χ1n) is 7.81. The van der Waals surface area contributed by atoms with Crippen molar-refractivity contribution in [1.29, 1.82) is 0 Å². The molecule has 2 rings (SSSR count). The Labute approximate surface area is 141 Å². The quantitative estimate of drug-likeness (QED) is 0.890. The van der Waals surface area contributed by atoms with Crippen LogP contribution in [0.4, 0.5) is 5.82 Å². The molecule has 1 aromatic rings. The predicted molar refractivity (Wildman–Crippen MR) is 90.3 cm³/mol. The van der Waals surface area contributed by atoms with Crippen molar-refractivity contribution in [2.75, 3.05) is 31.5 Å². The van der Waals surface area contributed by atoms with Crippen LogP contribution >= 0.6 is 11.6 Å². The molecule has 1 unspecified atom stereocenters. The van der Waals surface area contributed by atoms with Crippen molar-refractivity contribution in [3.05, 3.63) is 23.4 Å². The molecule has 1 aliphatic rings. The van der Waals surface area contributed by atoms with E-state index in [1.165, 1.54) is 6.20 Å². The van der Waals surface area contributed by atoms with Gasteiger partial charge in [0, 0.05) is 25.8 Å². The summed E-state index contributed by atoms with van der Waals surface area (Å²) in [7, 11) is 0. The van der Waals surface area contributed by atoms with Crippen LogP contribution in [0.1, 0.15) is 20.8 Å². The number of aromatic nitrogens is 1. The van der Waals surface area contributed by atoms with E-state index < -0.39 is 6.04 Å². The van der Waals surface area contributed by atoms with Crippen molar-refractivity contribution in [1.82, 2.24) is 14.8 Å². The molecule has 1 saturated heterocycles. The predicted octanol–water partition coefficient (Wildman–Crippen LogP) is 1.86. The molecular formula is C16H23ClN4O2. The molecule has 1 atom stereocenters. The van der Waals surface area contributed by atoms with E-state index in [4.69, 9.17) is 11.6 Å². The molecule has 6 nitrogen and oxygen atoms in total. The highest BCUT2D eigenvalue weighted by atomic mass is 35.5. The number of carbonyl (C=O) groups is 2. The average molecular weight is 339 g/mol. The van der Waals surface area contributed by atoms with Gasteiger partial charge in [-0.3, -0.25) is 14.5 Å². The van der Waals surface area contributed by atoms with Crippen LogP contribution in [0.25, 0.3) is 0 Å². The van der Waals surface area contributed by atoms with Gasteiger partial charge < -0.3 is 10.2 Å². The number of hydrogen-bond donors (Lipinski definition) is 1. The van der Waals surface area contributed by atoms with Gasteiger partial charge in [-0.1, -0.05) is 25.4 Å². The Morgan fingerprint density at radius 1 is 1.35 bits per heavy atom. The molecule has 1 fully saturated rings. The maximum absolute atomic E-state index is 12.3. The number of hydrogen-bond acceptors (Lipinski definition) is 4. The maximum Gasteiger partial charge on any atom is 0.242 e. The second-order valence-corrected chi connectivity index (χ2v) is 6.67. The van der Waals surface area contributed by atoms with Gasteiger partial charge >= 0.3 is 0 Å². The van der Waals surface area contributed by atoms with Crippen LogP contribution in [0.5, 0.6) is 0 Å². The highest BCUT2D eigenvalue weighted by Gasteiger charge is 2.30. The van der Waals surface area contributed by atoms with Gasteiger partial charge in [0.05, 0.1) is 17.6 Å². The van der Waals surface area contributed by atoms with E-state index in [9.17, 15) is 9.59 Å². The first-order valence-corrected chi connectivity index (χ1v) is 8.19. The van der Waals surface area contributed by atoms with E-state index in [0.717, 1.165) is 6.54 Å². The van der Waals surface area contributed by atoms with Gasteiger partial charge in [0.25, 0.3) is 0 Å². The Kier molecular flexibility index (Phi) is 5.96. The molecule has 1 aliphatic heterocycles. The number of piperazine rings is 1. The zero-order valence-electron chi connectivity index (χ0n) is 13.8. The summed E-state index contributed by atoms with van der Waals surface area (Å²) >= 11 is 5.77. The molecular weight excluding hydrogens is 316 g/mol. The van der Waals surface area contributed by atoms with Crippen LogP contribution < -0.4 is 5.32 Å². The zero-order chi connectivity index (χ0) is 17.0. The fraction of sp³-hybridized carbons (Fsp3) is 0.562. The van der Waals surface area contributed by atoms with E-state index in [2.05, 4.69) is 24.1 Å². The third kappa shape index (κ3) is 4.91. The molecule has 1 aromatic heterocycles. The van der Waals surface area contributed by atoms with E-state index >= 15 is 0 Å². The van der Waals surface area contributed by atoms with E-state index in [1.807, 2.05) is 9.80 Å². The molecule has 0 aromatic carbocycles. The second kappa shape index (κ2) is 7.75. The van der Waals surface area contributed by atoms with Crippen LogP contribution in [0, 0.1) is 5.92 Å². The van der Waals surface area contributed by atoms with Gasteiger partial charge in [-0.2, -0.15) is 0 Å². The fourth-order valence-corrected chi connectivity index (χ4v) is 2.65. The van der Waals surface area contributed by atoms with Gasteiger partial charge in [0.2, 0.25) is 11.8 Å². The Morgan fingerprint density at radius 2 is 2.09 bits per heavy atom. The summed E-state index contributed by atoms with van der Waals surface area (Å²) in [5, 5.41) is 3.27. The van der Waals surface area contributed by atoms with Crippen molar-refractivity contribution in [3.63, 3.8) is 0 Å². The Morgan fingerprint density at radius 3 is 2.65 bits per heavy atom. The minimum absolute atomic E-state index is 0.0780. The normalized spacial score (nSPS) is 17.4. The van der Waals surface area contributed by atoms with Crippen molar-refractivity contribution in [3.8, 4) is 0 Å². The van der Waals surface area contributed by atoms with Crippen molar-refractivity contribution >= 4 is 29.2 Å². The molecule has 1 N–H and O–H groups in total. The molecule has 7 heteroatoms. The van der Waals surface area contributed by atoms with Gasteiger partial charge in [-0.05, 0) is 25.0 Å². The summed E-state index contributed by atoms with van der Waals surface area (Å²) < 4.78 is 0. The Balaban J connectivity index is 1.90. The number of rotatable bonds is 5. The molecule has 0 spiro atoms. The lowest BCUT2D eigenvalue weighted by Gasteiger charge is -2.37. The molecule has 2 heterocycles. The Hall–Kier alpha value is -1.66. The van der Waals surface area contributed by atoms with Gasteiger partial charge in [0.1, 0.15) is 5.82 Å². The fourth-order valence-electron chi connectivity index (χ4n) is 2.54. The monoisotopic (exact) mass is 338 g/mol. The number of pyridine rings is 1. The van der Waals surface area contributed by atoms with Gasteiger partial charge in [0.15, 0.2) is 0 Å². The minimum atomic E-state index is -0.391. The number of anilines is 1. The smallest absolute Gasteiger partial charge is 0.242 e. The van der Waals surface area contributed by atoms with E-state index in [0.29, 0.717) is 29.8 Å². The molecule has 0 bridgehead atoms. The van der Waals surface area contributed by atoms with Crippen molar-refractivity contribution in [2.45, 2.75) is 26.8 Å². The third-order valence-corrected chi connectivity index (χ3v) is 4.06. The zero-order valence-corrected chi connectivity index (χ0v) is 14.5. The highest BCUT2D eigenvalue weighted by Crippen LogP contribution is 2.13. The molecule has 0 aliphatic carbocycles. The first kappa shape index (κ1) is 17.7. The van der Waals surface area contributed by atoms with Crippen LogP contribution in [0.3, 0.4) is 0 Å². The molecule has 23 heavy (non-hydrogen) atoms. The summed E-state index contributed by atoms with van der Waals surface area (Å²) in [5.41, 5.74) is 0. The topological polar surface area (TPSA) is 65.5 Å². The standard InChI is InChI=1S/C16H23ClN4O2/c1-11(2)9-21-7-6-20(10-15(21)22)12(3)16(23)19-14-5-4-13(17)8-18-14/h4-5,8,11-12H,6-7,9-10H2,1-3H3,(H,18,19,23). The van der Waals surface area contributed by atoms with Crippen LogP contribution in [0.2, 0.25) is 5.02 Å². The number of nitrogens with one attached hydrogen (secondary N) is 1. The summed E-state index contributed by atoms with van der Waals surface area (Å²) in [4.78, 5) is 32.3. The Bertz CT molecular complexity index is 562. The largest absolute Gasteiger partial charge is 0.340 e. The van der Waals surface area contributed by atoms with Gasteiger partial charge in [-0.25, -0.2) is 4.98 Å². The average Bonchev–Trinajstić information content (AvgIpc) is 2.50. The van der Waals surface area contributed by atoms with Crippen LogP contribution in [-0.2, 0) is 9.59 Å². The number of carbonyl (C=O) groups excluding carboxylic acids is 2. The van der Waals surface area contributed by atoms with Crippen molar-refractivity contribution < 1.29 is 9.59 Å². The van der Waals surface area contributed by atoms with Crippen LogP contribution in [-0.4, -0.2) is 58.8 Å². The molecule has 2 amide bonds. The number of nitrogens with zero attached hydrogens (tertiary/aromatic N) is 3. The minimum Gasteiger partial charge on any atom is -0.340 e.